The Labute approximate surface area is 252 Å². The molecule has 2 fully saturated rings. The van der Waals surface area contributed by atoms with Crippen LogP contribution < -0.4 is 14.5 Å². The fraction of sp³-hybridized carbons (Fsp3) is 0.438. The number of rotatable bonds is 8. The van der Waals surface area contributed by atoms with Crippen LogP contribution in [0.4, 0.5) is 11.5 Å². The summed E-state index contributed by atoms with van der Waals surface area (Å²) in [6.45, 7) is 10.5. The molecule has 6 rings (SSSR count). The minimum atomic E-state index is 0.124. The van der Waals surface area contributed by atoms with Gasteiger partial charge in [0.15, 0.2) is 0 Å². The van der Waals surface area contributed by atoms with Crippen molar-refractivity contribution in [3.8, 4) is 11.8 Å². The van der Waals surface area contributed by atoms with Crippen LogP contribution in [0.1, 0.15) is 18.2 Å². The molecule has 1 N–H and O–H groups in total. The monoisotopic (exact) mass is 585 g/mol. The van der Waals surface area contributed by atoms with Gasteiger partial charge in [-0.2, -0.15) is 9.97 Å². The zero-order valence-corrected chi connectivity index (χ0v) is 24.7. The number of aldehydes is 1. The fourth-order valence-electron chi connectivity index (χ4n) is 6.25. The van der Waals surface area contributed by atoms with Gasteiger partial charge >= 0.3 is 6.01 Å². The van der Waals surface area contributed by atoms with E-state index in [0.29, 0.717) is 19.2 Å². The topological polar surface area (TPSA) is 106 Å². The van der Waals surface area contributed by atoms with Gasteiger partial charge in [-0.3, -0.25) is 14.5 Å². The maximum absolute atomic E-state index is 11.7. The lowest BCUT2D eigenvalue weighted by Gasteiger charge is -2.38. The third-order valence-electron chi connectivity index (χ3n) is 8.63. The minimum Gasteiger partial charge on any atom is -0.508 e. The first-order valence-corrected chi connectivity index (χ1v) is 15.1. The molecule has 0 radical (unpaired) electrons. The largest absolute Gasteiger partial charge is 0.508 e. The summed E-state index contributed by atoms with van der Waals surface area (Å²) < 4.78 is 6.20. The molecule has 3 aliphatic heterocycles. The molecule has 2 saturated heterocycles. The van der Waals surface area contributed by atoms with Crippen LogP contribution in [0.15, 0.2) is 48.7 Å². The summed E-state index contributed by atoms with van der Waals surface area (Å²) >= 11 is 0. The van der Waals surface area contributed by atoms with E-state index in [2.05, 4.69) is 25.7 Å². The number of anilines is 2. The number of ether oxygens (including phenoxy) is 1. The number of piperazine rings is 2. The van der Waals surface area contributed by atoms with Gasteiger partial charge in [0.05, 0.1) is 12.2 Å². The highest BCUT2D eigenvalue weighted by Gasteiger charge is 2.28. The number of benzene rings is 2. The third-order valence-corrected chi connectivity index (χ3v) is 8.63. The molecule has 1 aromatic heterocycles. The van der Waals surface area contributed by atoms with Crippen LogP contribution in [0.3, 0.4) is 0 Å². The van der Waals surface area contributed by atoms with E-state index in [1.54, 1.807) is 13.0 Å². The summed E-state index contributed by atoms with van der Waals surface area (Å²) in [7, 11) is 0. The molecule has 0 spiro atoms. The molecular formula is C32H39N7O4. The molecule has 11 heteroatoms. The van der Waals surface area contributed by atoms with Gasteiger partial charge in [-0.25, -0.2) is 0 Å². The van der Waals surface area contributed by atoms with E-state index in [-0.39, 0.29) is 11.7 Å². The number of hydrogen-bond donors (Lipinski definition) is 1. The number of carbonyl (C=O) groups excluding carboxylic acids is 2. The Morgan fingerprint density at radius 2 is 1.77 bits per heavy atom. The van der Waals surface area contributed by atoms with Crippen molar-refractivity contribution in [1.82, 2.24) is 24.7 Å². The number of aromatic nitrogens is 2. The van der Waals surface area contributed by atoms with Crippen molar-refractivity contribution >= 4 is 34.5 Å². The van der Waals surface area contributed by atoms with Crippen molar-refractivity contribution in [1.29, 1.82) is 0 Å². The van der Waals surface area contributed by atoms with Crippen LogP contribution >= 0.6 is 0 Å². The number of amides is 1. The van der Waals surface area contributed by atoms with Crippen molar-refractivity contribution < 1.29 is 19.4 Å². The Kier molecular flexibility index (Phi) is 8.59. The number of phenolic OH excluding ortho intramolecular Hbond substituents is 1. The average molecular weight is 586 g/mol. The predicted octanol–water partition coefficient (Wildman–Crippen LogP) is 2.28. The fourth-order valence-corrected chi connectivity index (χ4v) is 6.25. The van der Waals surface area contributed by atoms with E-state index >= 15 is 0 Å². The number of fused-ring (bicyclic) bond motifs is 2. The quantitative estimate of drug-likeness (QED) is 0.313. The highest BCUT2D eigenvalue weighted by atomic mass is 16.5. The van der Waals surface area contributed by atoms with E-state index < -0.39 is 0 Å². The Hall–Kier alpha value is -4.38. The van der Waals surface area contributed by atoms with Gasteiger partial charge in [-0.15, -0.1) is 0 Å². The van der Waals surface area contributed by atoms with Gasteiger partial charge in [0.1, 0.15) is 24.5 Å². The summed E-state index contributed by atoms with van der Waals surface area (Å²) in [6, 6.07) is 12.1. The number of phenols is 1. The average Bonchev–Trinajstić information content (AvgIpc) is 3.03. The van der Waals surface area contributed by atoms with Crippen molar-refractivity contribution in [3.63, 3.8) is 0 Å². The lowest BCUT2D eigenvalue weighted by Crippen LogP contribution is -2.48. The minimum absolute atomic E-state index is 0.124. The zero-order chi connectivity index (χ0) is 29.8. The third kappa shape index (κ3) is 6.51. The Balaban J connectivity index is 1.22. The summed E-state index contributed by atoms with van der Waals surface area (Å²) in [5.74, 6) is 1.30. The Bertz CT molecular complexity index is 1500. The van der Waals surface area contributed by atoms with Gasteiger partial charge in [0.2, 0.25) is 5.91 Å². The number of allylic oxidation sites excluding steroid dienone is 1. The second kappa shape index (κ2) is 12.9. The molecular weight excluding hydrogens is 546 g/mol. The smallest absolute Gasteiger partial charge is 0.318 e. The summed E-state index contributed by atoms with van der Waals surface area (Å²) in [6.07, 6.45) is 4.97. The van der Waals surface area contributed by atoms with E-state index in [0.717, 1.165) is 112 Å². The maximum Gasteiger partial charge on any atom is 0.318 e. The molecule has 0 bridgehead atoms. The molecule has 43 heavy (non-hydrogen) atoms. The summed E-state index contributed by atoms with van der Waals surface area (Å²) in [5, 5.41) is 12.6. The number of nitrogens with zero attached hydrogens (tertiary/aromatic N) is 7. The molecule has 4 heterocycles. The van der Waals surface area contributed by atoms with Gasteiger partial charge in [-0.05, 0) is 23.9 Å². The van der Waals surface area contributed by atoms with E-state index in [1.165, 1.54) is 6.08 Å². The molecule has 3 aromatic rings. The molecule has 3 aliphatic rings. The molecule has 0 atom stereocenters. The number of carbonyl (C=O) groups is 2. The second-order valence-electron chi connectivity index (χ2n) is 11.3. The summed E-state index contributed by atoms with van der Waals surface area (Å²) in [4.78, 5) is 43.2. The maximum atomic E-state index is 11.7. The SMILES string of the molecule is CC(=O)N1CCN(CCOc2nc3c(c(N4CCN(C=CC=O)CC4)n2)CCN(c2cc(O)cc4ccccc24)C3)CC1. The predicted molar refractivity (Wildman–Crippen MR) is 166 cm³/mol. The summed E-state index contributed by atoms with van der Waals surface area (Å²) in [5.41, 5.74) is 3.08. The lowest BCUT2D eigenvalue weighted by atomic mass is 10.0. The van der Waals surface area contributed by atoms with Crippen LogP contribution in [-0.4, -0.2) is 114 Å². The Morgan fingerprint density at radius 1 is 0.977 bits per heavy atom. The zero-order valence-electron chi connectivity index (χ0n) is 24.7. The van der Waals surface area contributed by atoms with E-state index in [9.17, 15) is 14.7 Å². The van der Waals surface area contributed by atoms with Crippen LogP contribution in [0, 0.1) is 0 Å². The van der Waals surface area contributed by atoms with Gasteiger partial charge in [0, 0.05) is 101 Å². The first-order chi connectivity index (χ1) is 21.0. The molecule has 0 aliphatic carbocycles. The highest BCUT2D eigenvalue weighted by molar-refractivity contribution is 5.95. The van der Waals surface area contributed by atoms with Crippen molar-refractivity contribution in [2.75, 3.05) is 81.9 Å². The van der Waals surface area contributed by atoms with Crippen LogP contribution in [0.5, 0.6) is 11.8 Å². The van der Waals surface area contributed by atoms with Crippen LogP contribution in [-0.2, 0) is 22.6 Å². The molecule has 0 saturated carbocycles. The van der Waals surface area contributed by atoms with Crippen molar-refractivity contribution in [2.24, 2.45) is 0 Å². The lowest BCUT2D eigenvalue weighted by molar-refractivity contribution is -0.130. The van der Waals surface area contributed by atoms with Crippen molar-refractivity contribution in [2.45, 2.75) is 19.9 Å². The number of aromatic hydroxyl groups is 1. The van der Waals surface area contributed by atoms with Crippen LogP contribution in [0.25, 0.3) is 10.8 Å². The number of hydrogen-bond acceptors (Lipinski definition) is 10. The molecule has 1 amide bonds. The van der Waals surface area contributed by atoms with Gasteiger partial charge < -0.3 is 29.4 Å². The standard InChI is InChI=1S/C32H39N7O4/c1-24(41)37-14-10-36(11-15-37)18-20-43-32-33-29-23-39(30-22-26(42)21-25-5-2-3-6-27(25)30)9-7-28(29)31(34-32)38-16-12-35(13-17-38)8-4-19-40/h2-6,8,19,21-22,42H,7,9-18,20,23H2,1H3. The van der Waals surface area contributed by atoms with E-state index in [1.807, 2.05) is 35.4 Å². The Morgan fingerprint density at radius 3 is 2.53 bits per heavy atom. The highest BCUT2D eigenvalue weighted by Crippen LogP contribution is 2.36. The second-order valence-corrected chi connectivity index (χ2v) is 11.3. The van der Waals surface area contributed by atoms with Gasteiger partial charge in [-0.1, -0.05) is 24.3 Å². The molecule has 11 nitrogen and oxygen atoms in total. The first-order valence-electron chi connectivity index (χ1n) is 15.1. The normalized spacial score (nSPS) is 17.9. The van der Waals surface area contributed by atoms with Crippen molar-refractivity contribution in [3.05, 3.63) is 59.9 Å². The first kappa shape index (κ1) is 28.7. The molecule has 226 valence electrons. The van der Waals surface area contributed by atoms with Gasteiger partial charge in [0.25, 0.3) is 0 Å². The van der Waals surface area contributed by atoms with E-state index in [4.69, 9.17) is 14.7 Å². The molecule has 2 aromatic carbocycles. The molecule has 0 unspecified atom stereocenters. The van der Waals surface area contributed by atoms with Crippen LogP contribution in [0.2, 0.25) is 0 Å².